The van der Waals surface area contributed by atoms with Gasteiger partial charge in [0.05, 0.1) is 15.0 Å². The van der Waals surface area contributed by atoms with Crippen LogP contribution in [0, 0.1) is 22.9 Å². The van der Waals surface area contributed by atoms with Gasteiger partial charge in [0.15, 0.2) is 0 Å². The number of rotatable bonds is 1. The van der Waals surface area contributed by atoms with E-state index in [1.54, 1.807) is 6.92 Å². The summed E-state index contributed by atoms with van der Waals surface area (Å²) in [6.07, 6.45) is 0. The Morgan fingerprint density at radius 1 is 1.67 bits per heavy atom. The normalized spacial score (nSPS) is 10.9. The van der Waals surface area contributed by atoms with Gasteiger partial charge in [-0.05, 0) is 6.92 Å². The average molecular weight is 247 g/mol. The van der Waals surface area contributed by atoms with Crippen molar-refractivity contribution in [1.29, 1.82) is 0 Å². The molecule has 1 aromatic heterocycles. The first-order valence-corrected chi connectivity index (χ1v) is 5.09. The van der Waals surface area contributed by atoms with E-state index in [2.05, 4.69) is 4.98 Å². The molecule has 15 heavy (non-hydrogen) atoms. The molecule has 2 rings (SSSR count). The molecule has 0 bridgehead atoms. The maximum Gasteiger partial charge on any atom is 0.324 e. The first kappa shape index (κ1) is 10.3. The average Bonchev–Trinajstić information content (AvgIpc) is 2.45. The minimum atomic E-state index is -0.929. The van der Waals surface area contributed by atoms with E-state index >= 15 is 0 Å². The van der Waals surface area contributed by atoms with Crippen LogP contribution in [0.15, 0.2) is 6.07 Å². The summed E-state index contributed by atoms with van der Waals surface area (Å²) >= 11 is 6.79. The zero-order valence-corrected chi connectivity index (χ0v) is 9.02. The Balaban J connectivity index is 2.95. The number of hydrogen-bond acceptors (Lipinski definition) is 4. The molecule has 78 valence electrons. The van der Waals surface area contributed by atoms with Gasteiger partial charge in [-0.1, -0.05) is 11.6 Å². The highest BCUT2D eigenvalue weighted by Crippen LogP contribution is 2.37. The molecule has 2 aromatic rings. The van der Waals surface area contributed by atoms with Crippen molar-refractivity contribution in [1.82, 2.24) is 4.98 Å². The Bertz CT molecular complexity index is 569. The number of benzene rings is 1. The summed E-state index contributed by atoms with van der Waals surface area (Å²) in [7, 11) is 0. The minimum Gasteiger partial charge on any atom is -0.258 e. The van der Waals surface area contributed by atoms with Crippen molar-refractivity contribution in [3.05, 3.63) is 32.0 Å². The van der Waals surface area contributed by atoms with Crippen LogP contribution >= 0.6 is 22.9 Å². The number of nitro groups is 1. The van der Waals surface area contributed by atoms with Crippen molar-refractivity contribution >= 4 is 38.8 Å². The quantitative estimate of drug-likeness (QED) is 0.573. The second-order valence-corrected chi connectivity index (χ2v) is 4.47. The largest absolute Gasteiger partial charge is 0.324 e. The third kappa shape index (κ3) is 1.55. The predicted molar refractivity (Wildman–Crippen MR) is 56.0 cm³/mol. The fourth-order valence-electron chi connectivity index (χ4n) is 1.28. The SMILES string of the molecule is Cc1nc2c(Cl)cc(F)c([N+](=O)[O-])c2s1. The van der Waals surface area contributed by atoms with Crippen LogP contribution < -0.4 is 0 Å². The first-order chi connectivity index (χ1) is 7.00. The molecule has 7 heteroatoms. The molecule has 0 saturated heterocycles. The Hall–Kier alpha value is -1.27. The minimum absolute atomic E-state index is 0.0949. The Labute approximate surface area is 92.5 Å². The molecule has 0 atom stereocenters. The van der Waals surface area contributed by atoms with E-state index in [1.165, 1.54) is 0 Å². The van der Waals surface area contributed by atoms with Gasteiger partial charge in [0.25, 0.3) is 0 Å². The van der Waals surface area contributed by atoms with Crippen LogP contribution in [-0.2, 0) is 0 Å². The predicted octanol–water partition coefficient (Wildman–Crippen LogP) is 3.31. The molecular formula is C8H4ClFN2O2S. The first-order valence-electron chi connectivity index (χ1n) is 3.90. The molecule has 0 aliphatic rings. The second-order valence-electron chi connectivity index (χ2n) is 2.86. The highest BCUT2D eigenvalue weighted by molar-refractivity contribution is 7.19. The fourth-order valence-corrected chi connectivity index (χ4v) is 2.52. The maximum atomic E-state index is 13.3. The zero-order valence-electron chi connectivity index (χ0n) is 7.45. The maximum absolute atomic E-state index is 13.3. The monoisotopic (exact) mass is 246 g/mol. The van der Waals surface area contributed by atoms with E-state index in [0.717, 1.165) is 17.4 Å². The van der Waals surface area contributed by atoms with Gasteiger partial charge in [-0.15, -0.1) is 11.3 Å². The molecule has 0 radical (unpaired) electrons. The lowest BCUT2D eigenvalue weighted by atomic mass is 10.3. The number of aromatic nitrogens is 1. The van der Waals surface area contributed by atoms with E-state index in [4.69, 9.17) is 11.6 Å². The summed E-state index contributed by atoms with van der Waals surface area (Å²) in [5.74, 6) is -0.929. The standard InChI is InChI=1S/C8H4ClFN2O2S/c1-3-11-6-4(9)2-5(10)7(12(13)14)8(6)15-3/h2H,1H3. The number of hydrogen-bond donors (Lipinski definition) is 0. The van der Waals surface area contributed by atoms with Gasteiger partial charge < -0.3 is 0 Å². The lowest BCUT2D eigenvalue weighted by Gasteiger charge is -1.96. The molecule has 0 spiro atoms. The molecule has 1 aromatic carbocycles. The Kier molecular flexibility index (Phi) is 2.32. The molecular weight excluding hydrogens is 243 g/mol. The van der Waals surface area contributed by atoms with Gasteiger partial charge in [0, 0.05) is 6.07 Å². The van der Waals surface area contributed by atoms with Gasteiger partial charge in [-0.2, -0.15) is 4.39 Å². The second kappa shape index (κ2) is 3.39. The van der Waals surface area contributed by atoms with E-state index in [1.807, 2.05) is 0 Å². The molecule has 0 N–H and O–H groups in total. The van der Waals surface area contributed by atoms with Crippen molar-refractivity contribution in [3.63, 3.8) is 0 Å². The summed E-state index contributed by atoms with van der Waals surface area (Å²) in [4.78, 5) is 13.9. The van der Waals surface area contributed by atoms with Crippen LogP contribution in [0.4, 0.5) is 10.1 Å². The molecule has 1 heterocycles. The van der Waals surface area contributed by atoms with Gasteiger partial charge in [-0.25, -0.2) is 4.98 Å². The highest BCUT2D eigenvalue weighted by atomic mass is 35.5. The number of fused-ring (bicyclic) bond motifs is 1. The summed E-state index contributed by atoms with van der Waals surface area (Å²) < 4.78 is 13.5. The summed E-state index contributed by atoms with van der Waals surface area (Å²) in [6.45, 7) is 1.68. The number of thiazole rings is 1. The van der Waals surface area contributed by atoms with E-state index in [0.29, 0.717) is 5.01 Å². The van der Waals surface area contributed by atoms with Crippen LogP contribution in [0.25, 0.3) is 10.2 Å². The third-order valence-electron chi connectivity index (χ3n) is 1.84. The smallest absolute Gasteiger partial charge is 0.258 e. The zero-order chi connectivity index (χ0) is 11.2. The molecule has 0 fully saturated rings. The van der Waals surface area contributed by atoms with Crippen molar-refractivity contribution in [2.45, 2.75) is 6.92 Å². The van der Waals surface area contributed by atoms with Crippen molar-refractivity contribution in [3.8, 4) is 0 Å². The van der Waals surface area contributed by atoms with Crippen molar-refractivity contribution < 1.29 is 9.31 Å². The van der Waals surface area contributed by atoms with Gasteiger partial charge >= 0.3 is 5.69 Å². The summed E-state index contributed by atoms with van der Waals surface area (Å²) in [5.41, 5.74) is -0.271. The molecule has 0 amide bonds. The number of nitrogens with zero attached hydrogens (tertiary/aromatic N) is 2. The van der Waals surface area contributed by atoms with Crippen molar-refractivity contribution in [2.75, 3.05) is 0 Å². The number of aryl methyl sites for hydroxylation is 1. The summed E-state index contributed by atoms with van der Waals surface area (Å²) in [6, 6.07) is 0.918. The van der Waals surface area contributed by atoms with Gasteiger partial charge in [0.1, 0.15) is 10.2 Å². The van der Waals surface area contributed by atoms with Crippen LogP contribution in [0.5, 0.6) is 0 Å². The number of nitro benzene ring substituents is 1. The molecule has 0 saturated carbocycles. The molecule has 0 aliphatic heterocycles. The highest BCUT2D eigenvalue weighted by Gasteiger charge is 2.23. The molecule has 4 nitrogen and oxygen atoms in total. The van der Waals surface area contributed by atoms with Crippen molar-refractivity contribution in [2.24, 2.45) is 0 Å². The molecule has 0 aliphatic carbocycles. The number of halogens is 2. The van der Waals surface area contributed by atoms with Crippen LogP contribution in [0.2, 0.25) is 5.02 Å². The van der Waals surface area contributed by atoms with Gasteiger partial charge in [0.2, 0.25) is 5.82 Å². The fraction of sp³-hybridized carbons (Fsp3) is 0.125. The summed E-state index contributed by atoms with van der Waals surface area (Å²) in [5, 5.41) is 11.4. The van der Waals surface area contributed by atoms with Crippen LogP contribution in [0.3, 0.4) is 0 Å². The Morgan fingerprint density at radius 3 is 2.93 bits per heavy atom. The van der Waals surface area contributed by atoms with E-state index in [-0.39, 0.29) is 15.2 Å². The van der Waals surface area contributed by atoms with Crippen LogP contribution in [0.1, 0.15) is 5.01 Å². The van der Waals surface area contributed by atoms with Gasteiger partial charge in [-0.3, -0.25) is 10.1 Å². The van der Waals surface area contributed by atoms with E-state index < -0.39 is 16.4 Å². The Morgan fingerprint density at radius 2 is 2.33 bits per heavy atom. The molecule has 0 unspecified atom stereocenters. The van der Waals surface area contributed by atoms with E-state index in [9.17, 15) is 14.5 Å². The van der Waals surface area contributed by atoms with Crippen LogP contribution in [-0.4, -0.2) is 9.91 Å². The topological polar surface area (TPSA) is 56.0 Å². The lowest BCUT2D eigenvalue weighted by molar-refractivity contribution is -0.385. The lowest BCUT2D eigenvalue weighted by Crippen LogP contribution is -1.92. The third-order valence-corrected chi connectivity index (χ3v) is 3.10.